The number of aryl methyl sites for hydroxylation is 2. The molecule has 2 aromatic rings. The van der Waals surface area contributed by atoms with E-state index >= 15 is 0 Å². The van der Waals surface area contributed by atoms with E-state index in [2.05, 4.69) is 68.9 Å². The van der Waals surface area contributed by atoms with Gasteiger partial charge < -0.3 is 15.2 Å². The molecule has 1 aliphatic heterocycles. The molecule has 0 atom stereocenters. The van der Waals surface area contributed by atoms with Gasteiger partial charge in [0.2, 0.25) is 0 Å². The quantitative estimate of drug-likeness (QED) is 0.886. The van der Waals surface area contributed by atoms with E-state index in [0.717, 1.165) is 36.2 Å². The highest BCUT2D eigenvalue weighted by Gasteiger charge is 2.38. The fraction of sp³-hybridized carbons (Fsp3) is 0.571. The molecule has 0 saturated carbocycles. The largest absolute Gasteiger partial charge is 0.348 e. The Morgan fingerprint density at radius 3 is 2.40 bits per heavy atom. The third kappa shape index (κ3) is 3.45. The molecule has 0 unspecified atom stereocenters. The number of amides is 1. The lowest BCUT2D eigenvalue weighted by atomic mass is 9.79. The molecule has 0 aliphatic carbocycles. The Labute approximate surface area is 151 Å². The van der Waals surface area contributed by atoms with Crippen LogP contribution in [0.1, 0.15) is 63.5 Å². The third-order valence-electron chi connectivity index (χ3n) is 5.28. The van der Waals surface area contributed by atoms with Gasteiger partial charge in [0.05, 0.1) is 0 Å². The van der Waals surface area contributed by atoms with Crippen molar-refractivity contribution in [2.75, 3.05) is 0 Å². The first-order chi connectivity index (χ1) is 11.6. The van der Waals surface area contributed by atoms with E-state index in [-0.39, 0.29) is 23.0 Å². The van der Waals surface area contributed by atoms with Crippen molar-refractivity contribution in [3.63, 3.8) is 0 Å². The summed E-state index contributed by atoms with van der Waals surface area (Å²) in [5, 5.41) is 8.16. The molecule has 0 radical (unpaired) electrons. The monoisotopic (exact) mass is 341 g/mol. The molecule has 1 amide bonds. The van der Waals surface area contributed by atoms with E-state index in [9.17, 15) is 4.79 Å². The van der Waals surface area contributed by atoms with Crippen LogP contribution in [-0.2, 0) is 6.54 Å². The topological polar surface area (TPSA) is 46.1 Å². The van der Waals surface area contributed by atoms with Crippen molar-refractivity contribution in [2.45, 2.75) is 78.0 Å². The molecule has 1 fully saturated rings. The van der Waals surface area contributed by atoms with Gasteiger partial charge in [-0.15, -0.1) is 0 Å². The number of hydrogen-bond acceptors (Lipinski definition) is 2. The van der Waals surface area contributed by atoms with E-state index in [0.29, 0.717) is 0 Å². The maximum atomic E-state index is 13.2. The average molecular weight is 341 g/mol. The number of nitrogens with one attached hydrogen (secondary N) is 2. The number of fused-ring (bicyclic) bond motifs is 1. The van der Waals surface area contributed by atoms with Gasteiger partial charge in [0.25, 0.3) is 5.91 Å². The zero-order valence-electron chi connectivity index (χ0n) is 16.4. The fourth-order valence-corrected chi connectivity index (χ4v) is 4.78. The van der Waals surface area contributed by atoms with Crippen LogP contribution in [-0.4, -0.2) is 27.6 Å². The van der Waals surface area contributed by atoms with Crippen molar-refractivity contribution >= 4 is 16.8 Å². The molecular formula is C21H31N3O. The Kier molecular flexibility index (Phi) is 4.44. The summed E-state index contributed by atoms with van der Waals surface area (Å²) in [5.41, 5.74) is 3.05. The summed E-state index contributed by atoms with van der Waals surface area (Å²) < 4.78 is 2.14. The van der Waals surface area contributed by atoms with Crippen molar-refractivity contribution in [2.24, 2.45) is 0 Å². The van der Waals surface area contributed by atoms with E-state index in [1.165, 1.54) is 5.39 Å². The van der Waals surface area contributed by atoms with Crippen molar-refractivity contribution in [1.29, 1.82) is 0 Å². The van der Waals surface area contributed by atoms with Crippen LogP contribution in [0.3, 0.4) is 0 Å². The van der Waals surface area contributed by atoms with Crippen LogP contribution in [0.2, 0.25) is 0 Å². The molecule has 25 heavy (non-hydrogen) atoms. The van der Waals surface area contributed by atoms with Crippen LogP contribution < -0.4 is 10.6 Å². The minimum atomic E-state index is 0.0200. The van der Waals surface area contributed by atoms with Crippen molar-refractivity contribution < 1.29 is 4.79 Å². The summed E-state index contributed by atoms with van der Waals surface area (Å²) in [6.45, 7) is 13.8. The molecule has 2 heterocycles. The number of carbonyl (C=O) groups is 1. The number of piperidine rings is 1. The molecule has 3 rings (SSSR count). The smallest absolute Gasteiger partial charge is 0.268 e. The van der Waals surface area contributed by atoms with Crippen LogP contribution in [0, 0.1) is 6.92 Å². The van der Waals surface area contributed by atoms with E-state index in [4.69, 9.17) is 0 Å². The van der Waals surface area contributed by atoms with Gasteiger partial charge in [-0.25, -0.2) is 0 Å². The summed E-state index contributed by atoms with van der Waals surface area (Å²) in [5.74, 6) is 0.0500. The van der Waals surface area contributed by atoms with Crippen LogP contribution in [0.4, 0.5) is 0 Å². The van der Waals surface area contributed by atoms with Crippen LogP contribution in [0.5, 0.6) is 0 Å². The first-order valence-electron chi connectivity index (χ1n) is 9.31. The summed E-state index contributed by atoms with van der Waals surface area (Å²) in [7, 11) is 0. The highest BCUT2D eigenvalue weighted by atomic mass is 16.2. The highest BCUT2D eigenvalue weighted by Crippen LogP contribution is 2.30. The van der Waals surface area contributed by atoms with E-state index in [1.54, 1.807) is 0 Å². The van der Waals surface area contributed by atoms with Gasteiger partial charge in [0.15, 0.2) is 0 Å². The lowest BCUT2D eigenvalue weighted by Gasteiger charge is -2.46. The maximum Gasteiger partial charge on any atom is 0.268 e. The maximum absolute atomic E-state index is 13.2. The van der Waals surface area contributed by atoms with Gasteiger partial charge in [-0.2, -0.15) is 0 Å². The fourth-order valence-electron chi connectivity index (χ4n) is 4.78. The molecule has 0 spiro atoms. The number of carbonyl (C=O) groups excluding carboxylic acids is 1. The van der Waals surface area contributed by atoms with Gasteiger partial charge in [0.1, 0.15) is 5.69 Å². The van der Waals surface area contributed by atoms with Crippen LogP contribution in [0.25, 0.3) is 10.9 Å². The second-order valence-corrected chi connectivity index (χ2v) is 8.71. The molecular weight excluding hydrogens is 310 g/mol. The van der Waals surface area contributed by atoms with Crippen LogP contribution in [0.15, 0.2) is 24.3 Å². The number of hydrogen-bond donors (Lipinski definition) is 2. The van der Waals surface area contributed by atoms with E-state index in [1.807, 2.05) is 12.1 Å². The molecule has 1 saturated heterocycles. The first kappa shape index (κ1) is 18.0. The molecule has 2 N–H and O–H groups in total. The molecule has 4 heteroatoms. The average Bonchev–Trinajstić information content (AvgIpc) is 2.77. The van der Waals surface area contributed by atoms with Crippen molar-refractivity contribution in [1.82, 2.24) is 15.2 Å². The first-order valence-corrected chi connectivity index (χ1v) is 9.31. The summed E-state index contributed by atoms with van der Waals surface area (Å²) in [4.78, 5) is 13.2. The second-order valence-electron chi connectivity index (χ2n) is 8.71. The summed E-state index contributed by atoms with van der Waals surface area (Å²) in [6.07, 6.45) is 1.88. The normalized spacial score (nSPS) is 19.9. The van der Waals surface area contributed by atoms with Gasteiger partial charge in [0, 0.05) is 34.6 Å². The predicted octanol–water partition coefficient (Wildman–Crippen LogP) is 4.01. The molecule has 0 bridgehead atoms. The van der Waals surface area contributed by atoms with Crippen LogP contribution >= 0.6 is 0 Å². The summed E-state index contributed by atoms with van der Waals surface area (Å²) in [6, 6.07) is 8.45. The Balaban J connectivity index is 1.92. The minimum Gasteiger partial charge on any atom is -0.348 e. The number of rotatable bonds is 3. The van der Waals surface area contributed by atoms with Gasteiger partial charge in [-0.05, 0) is 66.0 Å². The Morgan fingerprint density at radius 2 is 1.80 bits per heavy atom. The Hall–Kier alpha value is -1.81. The number of para-hydroxylation sites is 1. The zero-order valence-corrected chi connectivity index (χ0v) is 16.4. The molecule has 1 aliphatic rings. The van der Waals surface area contributed by atoms with E-state index < -0.39 is 0 Å². The predicted molar refractivity (Wildman–Crippen MR) is 104 cm³/mol. The second kappa shape index (κ2) is 6.17. The van der Waals surface area contributed by atoms with Crippen molar-refractivity contribution in [3.05, 3.63) is 35.5 Å². The van der Waals surface area contributed by atoms with Gasteiger partial charge in [-0.1, -0.05) is 18.2 Å². The lowest BCUT2D eigenvalue weighted by Crippen LogP contribution is -2.62. The molecule has 4 nitrogen and oxygen atoms in total. The molecule has 136 valence electrons. The SMILES string of the molecule is CCn1c(C(=O)NC2CC(C)(C)NC(C)(C)C2)c(C)c2ccccc21. The van der Waals surface area contributed by atoms with Gasteiger partial charge >= 0.3 is 0 Å². The standard InChI is InChI=1S/C21H31N3O/c1-7-24-17-11-9-8-10-16(17)14(2)18(24)19(25)22-15-12-20(3,4)23-21(5,6)13-15/h8-11,15,23H,7,12-13H2,1-6H3,(H,22,25). The molecule has 1 aromatic carbocycles. The Bertz CT molecular complexity index is 785. The number of benzene rings is 1. The lowest BCUT2D eigenvalue weighted by molar-refractivity contribution is 0.0864. The minimum absolute atomic E-state index is 0.0200. The van der Waals surface area contributed by atoms with Gasteiger partial charge in [-0.3, -0.25) is 4.79 Å². The number of aromatic nitrogens is 1. The highest BCUT2D eigenvalue weighted by molar-refractivity contribution is 6.01. The Morgan fingerprint density at radius 1 is 1.20 bits per heavy atom. The summed E-state index contributed by atoms with van der Waals surface area (Å²) >= 11 is 0. The zero-order chi connectivity index (χ0) is 18.4. The third-order valence-corrected chi connectivity index (χ3v) is 5.28. The van der Waals surface area contributed by atoms with Crippen molar-refractivity contribution in [3.8, 4) is 0 Å². The number of nitrogens with zero attached hydrogens (tertiary/aromatic N) is 1. The molecule has 1 aromatic heterocycles.